The molecule has 34 heavy (non-hydrogen) atoms. The second kappa shape index (κ2) is 10.5. The molecule has 0 saturated carbocycles. The highest BCUT2D eigenvalue weighted by atomic mass is 19.2. The molecule has 0 unspecified atom stereocenters. The van der Waals surface area contributed by atoms with Crippen LogP contribution in [0.15, 0.2) is 36.4 Å². The molecule has 0 N–H and O–H groups in total. The Morgan fingerprint density at radius 3 is 1.74 bits per heavy atom. The molecule has 2 aromatic rings. The van der Waals surface area contributed by atoms with Gasteiger partial charge >= 0.3 is 17.9 Å². The summed E-state index contributed by atoms with van der Waals surface area (Å²) in [5.41, 5.74) is -2.16. The monoisotopic (exact) mass is 482 g/mol. The average Bonchev–Trinajstić information content (AvgIpc) is 2.74. The number of halogens is 4. The maximum absolute atomic E-state index is 14.6. The van der Waals surface area contributed by atoms with E-state index in [1.165, 1.54) is 6.92 Å². The Bertz CT molecular complexity index is 1150. The van der Waals surface area contributed by atoms with Crippen LogP contribution in [0, 0.1) is 28.7 Å². The van der Waals surface area contributed by atoms with Crippen LogP contribution >= 0.6 is 0 Å². The topological polar surface area (TPSA) is 78.9 Å². The van der Waals surface area contributed by atoms with Crippen molar-refractivity contribution in [3.05, 3.63) is 59.7 Å². The zero-order valence-corrected chi connectivity index (χ0v) is 18.9. The lowest BCUT2D eigenvalue weighted by molar-refractivity contribution is -0.154. The number of esters is 3. The minimum atomic E-state index is -1.62. The van der Waals surface area contributed by atoms with E-state index in [0.717, 1.165) is 24.3 Å². The van der Waals surface area contributed by atoms with Gasteiger partial charge in [-0.25, -0.2) is 13.6 Å². The lowest BCUT2D eigenvalue weighted by Gasteiger charge is -2.16. The quantitative estimate of drug-likeness (QED) is 0.231. The largest absolute Gasteiger partial charge is 0.465 e. The average molecular weight is 482 g/mol. The van der Waals surface area contributed by atoms with Crippen LogP contribution in [0.3, 0.4) is 0 Å². The van der Waals surface area contributed by atoms with Crippen molar-refractivity contribution in [1.29, 1.82) is 0 Å². The van der Waals surface area contributed by atoms with E-state index in [1.54, 1.807) is 20.8 Å². The normalized spacial score (nSPS) is 11.1. The van der Waals surface area contributed by atoms with Crippen LogP contribution in [-0.4, -0.2) is 24.5 Å². The summed E-state index contributed by atoms with van der Waals surface area (Å²) < 4.78 is 72.1. The van der Waals surface area contributed by atoms with Gasteiger partial charge in [0, 0.05) is 16.7 Å². The van der Waals surface area contributed by atoms with E-state index < -0.39 is 75.6 Å². The molecule has 0 aliphatic carbocycles. The van der Waals surface area contributed by atoms with Gasteiger partial charge in [0.25, 0.3) is 0 Å². The highest BCUT2D eigenvalue weighted by molar-refractivity contribution is 5.89. The molecule has 10 heteroatoms. The van der Waals surface area contributed by atoms with Gasteiger partial charge in [0.2, 0.25) is 11.6 Å². The van der Waals surface area contributed by atoms with E-state index in [9.17, 15) is 31.9 Å². The van der Waals surface area contributed by atoms with Crippen molar-refractivity contribution in [2.24, 2.45) is 5.41 Å². The zero-order chi connectivity index (χ0) is 25.8. The fourth-order valence-electron chi connectivity index (χ4n) is 2.44. The Morgan fingerprint density at radius 1 is 0.824 bits per heavy atom. The first kappa shape index (κ1) is 26.6. The fourth-order valence-corrected chi connectivity index (χ4v) is 2.44. The van der Waals surface area contributed by atoms with Crippen LogP contribution < -0.4 is 9.47 Å². The Morgan fingerprint density at radius 2 is 1.29 bits per heavy atom. The van der Waals surface area contributed by atoms with Crippen LogP contribution in [0.4, 0.5) is 17.6 Å². The van der Waals surface area contributed by atoms with Crippen LogP contribution in [-0.2, 0) is 19.1 Å². The van der Waals surface area contributed by atoms with Gasteiger partial charge in [0.05, 0.1) is 11.8 Å². The van der Waals surface area contributed by atoms with Crippen molar-refractivity contribution >= 4 is 17.9 Å². The van der Waals surface area contributed by atoms with E-state index >= 15 is 0 Å². The van der Waals surface area contributed by atoms with E-state index in [1.807, 2.05) is 0 Å². The predicted molar refractivity (Wildman–Crippen MR) is 113 cm³/mol. The number of carbonyl (C=O) groups excluding carboxylic acids is 3. The molecule has 0 aliphatic heterocycles. The molecular weight excluding hydrogens is 460 g/mol. The Balaban J connectivity index is 2.19. The van der Waals surface area contributed by atoms with Gasteiger partial charge < -0.3 is 14.2 Å². The van der Waals surface area contributed by atoms with Gasteiger partial charge in [-0.3, -0.25) is 9.59 Å². The van der Waals surface area contributed by atoms with E-state index in [2.05, 4.69) is 11.3 Å². The summed E-state index contributed by atoms with van der Waals surface area (Å²) in [6.45, 7) is 9.13. The number of rotatable bonds is 7. The van der Waals surface area contributed by atoms with Crippen LogP contribution in [0.2, 0.25) is 0 Å². The van der Waals surface area contributed by atoms with Crippen molar-refractivity contribution in [2.45, 2.75) is 34.1 Å². The first-order valence-corrected chi connectivity index (χ1v) is 9.96. The predicted octanol–water partition coefficient (Wildman–Crippen LogP) is 5.28. The number of hydrogen-bond acceptors (Lipinski definition) is 6. The Labute approximate surface area is 193 Å². The second-order valence-electron chi connectivity index (χ2n) is 8.26. The lowest BCUT2D eigenvalue weighted by atomic mass is 9.97. The summed E-state index contributed by atoms with van der Waals surface area (Å²) in [7, 11) is 0. The highest BCUT2D eigenvalue weighted by Crippen LogP contribution is 2.34. The standard InChI is InChI=1S/C24H22F4O6/c1-12(2)22(30)34-16-9-7-14(19(26)21(16)28)13-6-8-15(20(27)18(13)25)33-17(29)10-11-32-23(31)24(3,4)5/h6-9H,1,10-11H2,2-5H3. The molecular formula is C24H22F4O6. The van der Waals surface area contributed by atoms with Gasteiger partial charge in [-0.2, -0.15) is 8.78 Å². The summed E-state index contributed by atoms with van der Waals surface area (Å²) in [6.07, 6.45) is -0.422. The minimum Gasteiger partial charge on any atom is -0.465 e. The van der Waals surface area contributed by atoms with E-state index in [4.69, 9.17) is 9.47 Å². The molecule has 0 saturated heterocycles. The molecule has 0 amide bonds. The summed E-state index contributed by atoms with van der Waals surface area (Å²) in [6, 6.07) is 3.52. The van der Waals surface area contributed by atoms with Crippen LogP contribution in [0.25, 0.3) is 11.1 Å². The third kappa shape index (κ3) is 6.21. The van der Waals surface area contributed by atoms with E-state index in [-0.39, 0.29) is 12.2 Å². The third-order valence-electron chi connectivity index (χ3n) is 4.31. The second-order valence-corrected chi connectivity index (χ2v) is 8.26. The molecule has 182 valence electrons. The summed E-state index contributed by atoms with van der Waals surface area (Å²) in [5.74, 6) is -10.5. The van der Waals surface area contributed by atoms with Crippen molar-refractivity contribution in [3.63, 3.8) is 0 Å². The number of hydrogen-bond donors (Lipinski definition) is 0. The number of ether oxygens (including phenoxy) is 3. The van der Waals surface area contributed by atoms with Crippen LogP contribution in [0.1, 0.15) is 34.1 Å². The molecule has 0 atom stereocenters. The Kier molecular flexibility index (Phi) is 8.20. The first-order valence-electron chi connectivity index (χ1n) is 9.96. The summed E-state index contributed by atoms with van der Waals surface area (Å²) >= 11 is 0. The molecule has 0 aromatic heterocycles. The van der Waals surface area contributed by atoms with E-state index in [0.29, 0.717) is 0 Å². The Hall–Kier alpha value is -3.69. The molecule has 2 aromatic carbocycles. The molecule has 0 heterocycles. The van der Waals surface area contributed by atoms with Gasteiger partial charge in [-0.05, 0) is 52.0 Å². The minimum absolute atomic E-state index is 0.0606. The fraction of sp³-hybridized carbons (Fsp3) is 0.292. The molecule has 0 bridgehead atoms. The first-order chi connectivity index (χ1) is 15.7. The molecule has 0 aliphatic rings. The van der Waals surface area contributed by atoms with Gasteiger partial charge in [0.15, 0.2) is 23.1 Å². The molecule has 2 rings (SSSR count). The maximum atomic E-state index is 14.6. The van der Waals surface area contributed by atoms with Crippen molar-refractivity contribution in [1.82, 2.24) is 0 Å². The molecule has 0 radical (unpaired) electrons. The van der Waals surface area contributed by atoms with Gasteiger partial charge in [-0.1, -0.05) is 6.58 Å². The summed E-state index contributed by atoms with van der Waals surface area (Å²) in [4.78, 5) is 35.0. The lowest BCUT2D eigenvalue weighted by Crippen LogP contribution is -2.24. The number of benzene rings is 2. The summed E-state index contributed by atoms with van der Waals surface area (Å²) in [5, 5.41) is 0. The smallest absolute Gasteiger partial charge is 0.338 e. The van der Waals surface area contributed by atoms with Crippen LogP contribution in [0.5, 0.6) is 11.5 Å². The molecule has 0 fully saturated rings. The maximum Gasteiger partial charge on any atom is 0.338 e. The number of carbonyl (C=O) groups is 3. The SMILES string of the molecule is C=C(C)C(=O)Oc1ccc(-c2ccc(OC(=O)CCOC(=O)C(C)(C)C)c(F)c2F)c(F)c1F. The van der Waals surface area contributed by atoms with Crippen molar-refractivity contribution < 1.29 is 46.2 Å². The van der Waals surface area contributed by atoms with Crippen molar-refractivity contribution in [2.75, 3.05) is 6.61 Å². The highest BCUT2D eigenvalue weighted by Gasteiger charge is 2.25. The molecule has 6 nitrogen and oxygen atoms in total. The van der Waals surface area contributed by atoms with Gasteiger partial charge in [0.1, 0.15) is 6.61 Å². The third-order valence-corrected chi connectivity index (χ3v) is 4.31. The van der Waals surface area contributed by atoms with Gasteiger partial charge in [-0.15, -0.1) is 0 Å². The van der Waals surface area contributed by atoms with Crippen molar-refractivity contribution in [3.8, 4) is 22.6 Å². The zero-order valence-electron chi connectivity index (χ0n) is 18.9. The molecule has 0 spiro atoms.